The fourth-order valence-electron chi connectivity index (χ4n) is 2.10. The van der Waals surface area contributed by atoms with E-state index in [4.69, 9.17) is 4.74 Å². The molecule has 0 aromatic heterocycles. The van der Waals surface area contributed by atoms with Crippen molar-refractivity contribution in [1.82, 2.24) is 5.32 Å². The van der Waals surface area contributed by atoms with Crippen molar-refractivity contribution in [1.29, 1.82) is 0 Å². The van der Waals surface area contributed by atoms with Gasteiger partial charge < -0.3 is 15.4 Å². The summed E-state index contributed by atoms with van der Waals surface area (Å²) in [6, 6.07) is 10.8. The smallest absolute Gasteiger partial charge is 0.407 e. The van der Waals surface area contributed by atoms with Crippen LogP contribution in [0.2, 0.25) is 0 Å². The molecule has 19 heavy (non-hydrogen) atoms. The minimum atomic E-state index is -0.435. The molecule has 1 aromatic rings. The van der Waals surface area contributed by atoms with E-state index < -0.39 is 5.60 Å². The van der Waals surface area contributed by atoms with Gasteiger partial charge >= 0.3 is 6.09 Å². The molecule has 0 radical (unpaired) electrons. The Morgan fingerprint density at radius 2 is 1.79 bits per heavy atom. The van der Waals surface area contributed by atoms with Gasteiger partial charge in [0.1, 0.15) is 5.60 Å². The van der Waals surface area contributed by atoms with Gasteiger partial charge in [0, 0.05) is 17.8 Å². The van der Waals surface area contributed by atoms with Crippen LogP contribution in [-0.2, 0) is 4.74 Å². The summed E-state index contributed by atoms with van der Waals surface area (Å²) in [5, 5.41) is 6.33. The third kappa shape index (κ3) is 4.47. The summed E-state index contributed by atoms with van der Waals surface area (Å²) < 4.78 is 5.23. The van der Waals surface area contributed by atoms with Gasteiger partial charge in [-0.15, -0.1) is 0 Å². The van der Waals surface area contributed by atoms with Crippen LogP contribution in [0.4, 0.5) is 10.5 Å². The molecule has 0 saturated heterocycles. The molecule has 1 fully saturated rings. The number of carbonyl (C=O) groups excluding carboxylic acids is 1. The van der Waals surface area contributed by atoms with Crippen molar-refractivity contribution in [2.45, 2.75) is 51.3 Å². The number of para-hydroxylation sites is 1. The summed E-state index contributed by atoms with van der Waals surface area (Å²) in [7, 11) is 0. The second kappa shape index (κ2) is 5.51. The fourth-order valence-corrected chi connectivity index (χ4v) is 2.10. The van der Waals surface area contributed by atoms with Crippen LogP contribution >= 0.6 is 0 Å². The Balaban J connectivity index is 1.68. The summed E-state index contributed by atoms with van der Waals surface area (Å²) >= 11 is 0. The number of rotatable bonds is 3. The van der Waals surface area contributed by atoms with Gasteiger partial charge in [0.25, 0.3) is 0 Å². The molecule has 0 bridgehead atoms. The predicted octanol–water partition coefficient (Wildman–Crippen LogP) is 3.15. The van der Waals surface area contributed by atoms with Crippen LogP contribution in [0.3, 0.4) is 0 Å². The first-order valence-corrected chi connectivity index (χ1v) is 6.73. The highest BCUT2D eigenvalue weighted by atomic mass is 16.6. The molecule has 4 heteroatoms. The van der Waals surface area contributed by atoms with Gasteiger partial charge in [0.05, 0.1) is 0 Å². The first-order valence-electron chi connectivity index (χ1n) is 6.73. The number of anilines is 1. The van der Waals surface area contributed by atoms with Crippen LogP contribution in [0, 0.1) is 0 Å². The molecule has 2 rings (SSSR count). The van der Waals surface area contributed by atoms with Gasteiger partial charge in [-0.2, -0.15) is 0 Å². The standard InChI is InChI=1S/C15H22N2O2/c1-15(2,3)19-14(18)17-13-9-12(10-13)16-11-7-5-4-6-8-11/h4-8,12-13,16H,9-10H2,1-3H3,(H,17,18). The highest BCUT2D eigenvalue weighted by Crippen LogP contribution is 2.24. The van der Waals surface area contributed by atoms with E-state index in [0.29, 0.717) is 6.04 Å². The molecule has 0 atom stereocenters. The lowest BCUT2D eigenvalue weighted by Crippen LogP contribution is -2.50. The highest BCUT2D eigenvalue weighted by Gasteiger charge is 2.31. The number of amides is 1. The van der Waals surface area contributed by atoms with Crippen molar-refractivity contribution >= 4 is 11.8 Å². The minimum Gasteiger partial charge on any atom is -0.444 e. The van der Waals surface area contributed by atoms with Crippen LogP contribution in [0.25, 0.3) is 0 Å². The molecule has 0 spiro atoms. The molecule has 1 aliphatic rings. The summed E-state index contributed by atoms with van der Waals surface area (Å²) in [6.45, 7) is 5.60. The molecule has 0 unspecified atom stereocenters. The van der Waals surface area contributed by atoms with Crippen molar-refractivity contribution in [3.63, 3.8) is 0 Å². The van der Waals surface area contributed by atoms with E-state index in [9.17, 15) is 4.79 Å². The van der Waals surface area contributed by atoms with Gasteiger partial charge in [-0.05, 0) is 45.7 Å². The SMILES string of the molecule is CC(C)(C)OC(=O)NC1CC(Nc2ccccc2)C1. The predicted molar refractivity (Wildman–Crippen MR) is 76.2 cm³/mol. The second-order valence-corrected chi connectivity index (χ2v) is 6.02. The largest absolute Gasteiger partial charge is 0.444 e. The maximum atomic E-state index is 11.6. The lowest BCUT2D eigenvalue weighted by Gasteiger charge is -2.37. The number of carbonyl (C=O) groups is 1. The lowest BCUT2D eigenvalue weighted by molar-refractivity contribution is 0.0475. The molecule has 0 aliphatic heterocycles. The molecule has 1 aliphatic carbocycles. The molecule has 2 N–H and O–H groups in total. The van der Waals surface area contributed by atoms with E-state index in [0.717, 1.165) is 18.5 Å². The average molecular weight is 262 g/mol. The van der Waals surface area contributed by atoms with Crippen LogP contribution < -0.4 is 10.6 Å². The van der Waals surface area contributed by atoms with Crippen LogP contribution in [0.15, 0.2) is 30.3 Å². The van der Waals surface area contributed by atoms with Crippen molar-refractivity contribution in [2.24, 2.45) is 0 Å². The molecular weight excluding hydrogens is 240 g/mol. The van der Waals surface area contributed by atoms with E-state index in [1.54, 1.807) is 0 Å². The van der Waals surface area contributed by atoms with Gasteiger partial charge in [-0.25, -0.2) is 4.79 Å². The van der Waals surface area contributed by atoms with Crippen LogP contribution in [-0.4, -0.2) is 23.8 Å². The van der Waals surface area contributed by atoms with E-state index in [1.807, 2.05) is 39.0 Å². The topological polar surface area (TPSA) is 50.4 Å². The van der Waals surface area contributed by atoms with Crippen LogP contribution in [0.1, 0.15) is 33.6 Å². The Bertz CT molecular complexity index is 420. The number of hydrogen-bond donors (Lipinski definition) is 2. The zero-order valence-corrected chi connectivity index (χ0v) is 11.8. The number of benzene rings is 1. The number of ether oxygens (including phenoxy) is 1. The molecule has 4 nitrogen and oxygen atoms in total. The minimum absolute atomic E-state index is 0.219. The van der Waals surface area contributed by atoms with Crippen molar-refractivity contribution < 1.29 is 9.53 Å². The summed E-state index contributed by atoms with van der Waals surface area (Å²) in [6.07, 6.45) is 1.55. The second-order valence-electron chi connectivity index (χ2n) is 6.02. The Labute approximate surface area is 114 Å². The average Bonchev–Trinajstić information content (AvgIpc) is 2.25. The maximum Gasteiger partial charge on any atom is 0.407 e. The van der Waals surface area contributed by atoms with E-state index in [1.165, 1.54) is 0 Å². The Hall–Kier alpha value is -1.71. The van der Waals surface area contributed by atoms with Crippen molar-refractivity contribution in [3.05, 3.63) is 30.3 Å². The highest BCUT2D eigenvalue weighted by molar-refractivity contribution is 5.68. The first-order chi connectivity index (χ1) is 8.92. The quantitative estimate of drug-likeness (QED) is 0.879. The molecule has 1 saturated carbocycles. The lowest BCUT2D eigenvalue weighted by atomic mass is 9.86. The third-order valence-corrected chi connectivity index (χ3v) is 3.00. The van der Waals surface area contributed by atoms with E-state index in [2.05, 4.69) is 22.8 Å². The molecular formula is C15H22N2O2. The molecule has 1 aromatic carbocycles. The molecule has 104 valence electrons. The summed E-state index contributed by atoms with van der Waals surface area (Å²) in [5.41, 5.74) is 0.693. The first kappa shape index (κ1) is 13.7. The number of hydrogen-bond acceptors (Lipinski definition) is 3. The molecule has 0 heterocycles. The number of alkyl carbamates (subject to hydrolysis) is 1. The van der Waals surface area contributed by atoms with Gasteiger partial charge in [-0.3, -0.25) is 0 Å². The zero-order chi connectivity index (χ0) is 13.9. The summed E-state index contributed by atoms with van der Waals surface area (Å²) in [5.74, 6) is 0. The van der Waals surface area contributed by atoms with Gasteiger partial charge in [-0.1, -0.05) is 18.2 Å². The normalized spacial score (nSPS) is 22.3. The molecule has 1 amide bonds. The number of nitrogens with one attached hydrogen (secondary N) is 2. The Kier molecular flexibility index (Phi) is 3.98. The van der Waals surface area contributed by atoms with Crippen molar-refractivity contribution in [2.75, 3.05) is 5.32 Å². The van der Waals surface area contributed by atoms with Crippen LogP contribution in [0.5, 0.6) is 0 Å². The zero-order valence-electron chi connectivity index (χ0n) is 11.8. The van der Waals surface area contributed by atoms with E-state index >= 15 is 0 Å². The monoisotopic (exact) mass is 262 g/mol. The fraction of sp³-hybridized carbons (Fsp3) is 0.533. The Morgan fingerprint density at radius 3 is 2.37 bits per heavy atom. The van der Waals surface area contributed by atoms with Crippen molar-refractivity contribution in [3.8, 4) is 0 Å². The Morgan fingerprint density at radius 1 is 1.16 bits per heavy atom. The third-order valence-electron chi connectivity index (χ3n) is 3.00. The van der Waals surface area contributed by atoms with Gasteiger partial charge in [0.15, 0.2) is 0 Å². The van der Waals surface area contributed by atoms with Gasteiger partial charge in [0.2, 0.25) is 0 Å². The maximum absolute atomic E-state index is 11.6. The van der Waals surface area contributed by atoms with E-state index in [-0.39, 0.29) is 12.1 Å². The summed E-state index contributed by atoms with van der Waals surface area (Å²) in [4.78, 5) is 11.6.